The van der Waals surface area contributed by atoms with E-state index in [0.29, 0.717) is 0 Å². The van der Waals surface area contributed by atoms with Crippen LogP contribution in [0.5, 0.6) is 0 Å². The Morgan fingerprint density at radius 1 is 0.818 bits per heavy atom. The highest BCUT2D eigenvalue weighted by molar-refractivity contribution is 5.78. The normalized spacial score (nSPS) is 10.9. The lowest BCUT2D eigenvalue weighted by Gasteiger charge is -1.99. The van der Waals surface area contributed by atoms with Gasteiger partial charge in [0, 0.05) is 18.2 Å². The van der Waals surface area contributed by atoms with Crippen molar-refractivity contribution in [1.82, 2.24) is 15.0 Å². The first-order valence-corrected chi connectivity index (χ1v) is 7.32. The molecule has 4 aromatic rings. The van der Waals surface area contributed by atoms with Gasteiger partial charge in [0.1, 0.15) is 11.3 Å². The van der Waals surface area contributed by atoms with Gasteiger partial charge in [-0.1, -0.05) is 60.7 Å². The summed E-state index contributed by atoms with van der Waals surface area (Å²) in [4.78, 5) is 12.5. The molecule has 0 saturated heterocycles. The predicted octanol–water partition coefficient (Wildman–Crippen LogP) is 4.22. The van der Waals surface area contributed by atoms with Crippen molar-refractivity contribution in [3.63, 3.8) is 0 Å². The zero-order chi connectivity index (χ0) is 14.8. The van der Waals surface area contributed by atoms with E-state index in [1.807, 2.05) is 42.6 Å². The number of hydrogen-bond acceptors (Lipinski definition) is 2. The highest BCUT2D eigenvalue weighted by atomic mass is 15.0. The Hall–Kier alpha value is -2.94. The number of pyridine rings is 1. The molecular weight excluding hydrogens is 270 g/mol. The lowest BCUT2D eigenvalue weighted by molar-refractivity contribution is 1.03. The fourth-order valence-electron chi connectivity index (χ4n) is 2.61. The Morgan fingerprint density at radius 2 is 1.55 bits per heavy atom. The molecule has 4 rings (SSSR count). The van der Waals surface area contributed by atoms with Gasteiger partial charge < -0.3 is 4.98 Å². The van der Waals surface area contributed by atoms with Gasteiger partial charge >= 0.3 is 0 Å². The predicted molar refractivity (Wildman–Crippen MR) is 88.6 cm³/mol. The van der Waals surface area contributed by atoms with E-state index >= 15 is 0 Å². The van der Waals surface area contributed by atoms with E-state index in [1.165, 1.54) is 5.56 Å². The summed E-state index contributed by atoms with van der Waals surface area (Å²) >= 11 is 0. The van der Waals surface area contributed by atoms with Crippen LogP contribution in [0.15, 0.2) is 72.9 Å². The fourth-order valence-corrected chi connectivity index (χ4v) is 2.61. The summed E-state index contributed by atoms with van der Waals surface area (Å²) in [5.41, 5.74) is 5.23. The topological polar surface area (TPSA) is 41.6 Å². The second-order valence-electron chi connectivity index (χ2n) is 5.30. The summed E-state index contributed by atoms with van der Waals surface area (Å²) in [6, 6.07) is 22.7. The van der Waals surface area contributed by atoms with Gasteiger partial charge in [-0.3, -0.25) is 0 Å². The van der Waals surface area contributed by atoms with Gasteiger partial charge in [-0.2, -0.15) is 0 Å². The molecule has 0 saturated carbocycles. The maximum Gasteiger partial charge on any atom is 0.157 e. The number of rotatable bonds is 3. The van der Waals surface area contributed by atoms with Gasteiger partial charge in [-0.15, -0.1) is 0 Å². The van der Waals surface area contributed by atoms with E-state index < -0.39 is 0 Å². The van der Waals surface area contributed by atoms with Gasteiger partial charge in [0.2, 0.25) is 0 Å². The molecule has 3 heteroatoms. The van der Waals surface area contributed by atoms with Crippen LogP contribution in [-0.4, -0.2) is 15.0 Å². The minimum Gasteiger partial charge on any atom is -0.326 e. The lowest BCUT2D eigenvalue weighted by atomic mass is 10.1. The van der Waals surface area contributed by atoms with Gasteiger partial charge in [0.25, 0.3) is 0 Å². The van der Waals surface area contributed by atoms with E-state index in [9.17, 15) is 0 Å². The molecule has 2 aromatic carbocycles. The first kappa shape index (κ1) is 12.8. The molecule has 0 aliphatic rings. The van der Waals surface area contributed by atoms with Gasteiger partial charge in [0.05, 0.1) is 0 Å². The van der Waals surface area contributed by atoms with E-state index in [4.69, 9.17) is 0 Å². The third-order valence-electron chi connectivity index (χ3n) is 3.71. The Bertz CT molecular complexity index is 896. The molecule has 0 aliphatic carbocycles. The quantitative estimate of drug-likeness (QED) is 0.612. The number of aromatic amines is 1. The van der Waals surface area contributed by atoms with Crippen LogP contribution in [0.1, 0.15) is 11.4 Å². The molecule has 3 nitrogen and oxygen atoms in total. The highest BCUT2D eigenvalue weighted by Crippen LogP contribution is 2.21. The van der Waals surface area contributed by atoms with Crippen molar-refractivity contribution in [2.75, 3.05) is 0 Å². The largest absolute Gasteiger partial charge is 0.326 e. The number of imidazole rings is 1. The van der Waals surface area contributed by atoms with Crippen LogP contribution in [0.25, 0.3) is 22.3 Å². The molecule has 0 aliphatic heterocycles. The van der Waals surface area contributed by atoms with E-state index in [2.05, 4.69) is 45.3 Å². The average Bonchev–Trinajstić information content (AvgIpc) is 2.98. The van der Waals surface area contributed by atoms with Crippen LogP contribution in [-0.2, 0) is 6.42 Å². The third-order valence-corrected chi connectivity index (χ3v) is 3.71. The van der Waals surface area contributed by atoms with Gasteiger partial charge in [-0.05, 0) is 17.2 Å². The Balaban J connectivity index is 1.69. The summed E-state index contributed by atoms with van der Waals surface area (Å²) in [6.45, 7) is 0. The van der Waals surface area contributed by atoms with Crippen molar-refractivity contribution in [2.24, 2.45) is 0 Å². The van der Waals surface area contributed by atoms with Crippen molar-refractivity contribution < 1.29 is 0 Å². The first-order chi connectivity index (χ1) is 10.9. The third kappa shape index (κ3) is 2.49. The Morgan fingerprint density at radius 3 is 2.32 bits per heavy atom. The molecule has 0 spiro atoms. The molecule has 1 N–H and O–H groups in total. The molecule has 0 atom stereocenters. The van der Waals surface area contributed by atoms with Crippen LogP contribution in [0.3, 0.4) is 0 Å². The van der Waals surface area contributed by atoms with Crippen LogP contribution >= 0.6 is 0 Å². The number of fused-ring (bicyclic) bond motifs is 1. The molecule has 106 valence electrons. The molecule has 0 radical (unpaired) electrons. The summed E-state index contributed by atoms with van der Waals surface area (Å²) < 4.78 is 0. The second-order valence-corrected chi connectivity index (χ2v) is 5.30. The fraction of sp³-hybridized carbons (Fsp3) is 0.0526. The zero-order valence-corrected chi connectivity index (χ0v) is 12.0. The number of nitrogens with zero attached hydrogens (tertiary/aromatic N) is 2. The minimum absolute atomic E-state index is 0.790. The van der Waals surface area contributed by atoms with Crippen LogP contribution in [0.4, 0.5) is 0 Å². The Labute approximate surface area is 128 Å². The smallest absolute Gasteiger partial charge is 0.157 e. The van der Waals surface area contributed by atoms with E-state index in [-0.39, 0.29) is 0 Å². The zero-order valence-electron chi connectivity index (χ0n) is 12.0. The molecular formula is C19H15N3. The van der Waals surface area contributed by atoms with Crippen molar-refractivity contribution in [3.8, 4) is 11.1 Å². The maximum atomic E-state index is 4.68. The van der Waals surface area contributed by atoms with Crippen LogP contribution in [0.2, 0.25) is 0 Å². The number of H-pyrrole nitrogens is 1. The standard InChI is InChI=1S/C19H15N3/c1-3-7-14(8-4-1)11-18-21-17-12-16(13-20-19(17)22-18)15-9-5-2-6-10-15/h1-10,12-13H,11H2,(H,20,21,22). The molecule has 0 bridgehead atoms. The summed E-state index contributed by atoms with van der Waals surface area (Å²) in [5, 5.41) is 0. The lowest BCUT2D eigenvalue weighted by Crippen LogP contribution is -1.89. The van der Waals surface area contributed by atoms with E-state index in [0.717, 1.165) is 34.5 Å². The molecule has 2 heterocycles. The number of nitrogens with one attached hydrogen (secondary N) is 1. The highest BCUT2D eigenvalue weighted by Gasteiger charge is 2.06. The number of benzene rings is 2. The molecule has 0 unspecified atom stereocenters. The Kier molecular flexibility index (Phi) is 3.16. The van der Waals surface area contributed by atoms with Crippen molar-refractivity contribution in [2.45, 2.75) is 6.42 Å². The van der Waals surface area contributed by atoms with Crippen molar-refractivity contribution in [3.05, 3.63) is 84.3 Å². The average molecular weight is 285 g/mol. The molecule has 2 aromatic heterocycles. The first-order valence-electron chi connectivity index (χ1n) is 7.32. The van der Waals surface area contributed by atoms with Gasteiger partial charge in [-0.25, -0.2) is 9.97 Å². The molecule has 22 heavy (non-hydrogen) atoms. The number of hydrogen-bond donors (Lipinski definition) is 1. The van der Waals surface area contributed by atoms with E-state index in [1.54, 1.807) is 0 Å². The molecule has 0 amide bonds. The van der Waals surface area contributed by atoms with Crippen molar-refractivity contribution in [1.29, 1.82) is 0 Å². The molecule has 0 fully saturated rings. The summed E-state index contributed by atoms with van der Waals surface area (Å²) in [6.07, 6.45) is 2.68. The summed E-state index contributed by atoms with van der Waals surface area (Å²) in [7, 11) is 0. The van der Waals surface area contributed by atoms with Crippen molar-refractivity contribution >= 4 is 11.2 Å². The monoisotopic (exact) mass is 285 g/mol. The van der Waals surface area contributed by atoms with Crippen LogP contribution < -0.4 is 0 Å². The van der Waals surface area contributed by atoms with Gasteiger partial charge in [0.15, 0.2) is 5.65 Å². The summed E-state index contributed by atoms with van der Waals surface area (Å²) in [5.74, 6) is 0.943. The van der Waals surface area contributed by atoms with Crippen LogP contribution in [0, 0.1) is 0 Å². The number of aromatic nitrogens is 3. The second kappa shape index (κ2) is 5.45. The SMILES string of the molecule is c1ccc(Cc2nc3cc(-c4ccccc4)cnc3[nH]2)cc1. The maximum absolute atomic E-state index is 4.68. The minimum atomic E-state index is 0.790.